The lowest BCUT2D eigenvalue weighted by Gasteiger charge is -2.36. The molecule has 150 valence electrons. The molecule has 3 aromatic rings. The molecule has 4 rings (SSSR count). The molecule has 1 fully saturated rings. The Hall–Kier alpha value is -1.92. The van der Waals surface area contributed by atoms with Crippen molar-refractivity contribution in [2.24, 2.45) is 4.99 Å². The maximum Gasteiger partial charge on any atom is 0.216 e. The van der Waals surface area contributed by atoms with Gasteiger partial charge < -0.3 is 14.6 Å². The Morgan fingerprint density at radius 3 is 2.82 bits per heavy atom. The van der Waals surface area contributed by atoms with Crippen molar-refractivity contribution in [3.05, 3.63) is 46.6 Å². The summed E-state index contributed by atoms with van der Waals surface area (Å²) in [5.41, 5.74) is 0. The SMILES string of the molecule is CN=C(NCc1nc(-c2ccco2)n[nH]1)N1CCN(Cc2cccs2)CC1.I. The minimum Gasteiger partial charge on any atom is -0.461 e. The van der Waals surface area contributed by atoms with Gasteiger partial charge in [0.1, 0.15) is 5.82 Å². The Balaban J connectivity index is 0.00000225. The molecule has 0 aliphatic carbocycles. The van der Waals surface area contributed by atoms with E-state index in [4.69, 9.17) is 4.42 Å². The van der Waals surface area contributed by atoms with E-state index in [2.05, 4.69) is 52.8 Å². The first-order valence-electron chi connectivity index (χ1n) is 8.97. The van der Waals surface area contributed by atoms with E-state index < -0.39 is 0 Å². The topological polar surface area (TPSA) is 85.6 Å². The molecule has 0 spiro atoms. The van der Waals surface area contributed by atoms with Crippen molar-refractivity contribution in [1.29, 1.82) is 0 Å². The normalized spacial score (nSPS) is 15.5. The van der Waals surface area contributed by atoms with Crippen LogP contribution < -0.4 is 5.32 Å². The number of hydrogen-bond donors (Lipinski definition) is 2. The van der Waals surface area contributed by atoms with E-state index in [1.54, 1.807) is 6.26 Å². The van der Waals surface area contributed by atoms with Crippen molar-refractivity contribution >= 4 is 41.3 Å². The van der Waals surface area contributed by atoms with Gasteiger partial charge in [0.25, 0.3) is 0 Å². The van der Waals surface area contributed by atoms with Crippen molar-refractivity contribution in [2.45, 2.75) is 13.1 Å². The number of aliphatic imine (C=N–C) groups is 1. The molecule has 3 aromatic heterocycles. The maximum absolute atomic E-state index is 5.32. The van der Waals surface area contributed by atoms with Crippen LogP contribution in [0.15, 0.2) is 45.3 Å². The lowest BCUT2D eigenvalue weighted by atomic mass is 10.3. The summed E-state index contributed by atoms with van der Waals surface area (Å²) in [6.45, 7) is 5.55. The molecule has 28 heavy (non-hydrogen) atoms. The second-order valence-electron chi connectivity index (χ2n) is 6.33. The number of piperazine rings is 1. The number of halogens is 1. The summed E-state index contributed by atoms with van der Waals surface area (Å²) in [6, 6.07) is 7.98. The number of furan rings is 1. The van der Waals surface area contributed by atoms with Crippen LogP contribution in [0.3, 0.4) is 0 Å². The molecule has 0 bridgehead atoms. The highest BCUT2D eigenvalue weighted by Crippen LogP contribution is 2.15. The van der Waals surface area contributed by atoms with E-state index >= 15 is 0 Å². The van der Waals surface area contributed by atoms with Crippen LogP contribution in [0.5, 0.6) is 0 Å². The van der Waals surface area contributed by atoms with E-state index in [1.807, 2.05) is 30.5 Å². The Morgan fingerprint density at radius 2 is 2.14 bits per heavy atom. The molecular formula is C18H24IN7OS. The predicted molar refractivity (Wildman–Crippen MR) is 121 cm³/mol. The fraction of sp³-hybridized carbons (Fsp3) is 0.389. The summed E-state index contributed by atoms with van der Waals surface area (Å²) >= 11 is 1.82. The standard InChI is InChI=1S/C18H23N7OS.HI/c1-19-18(20-12-16-21-17(23-22-16)15-5-2-10-26-15)25-8-6-24(7-9-25)13-14-4-3-11-27-14;/h2-5,10-11H,6-9,12-13H2,1H3,(H,19,20)(H,21,22,23);1H. The second kappa shape index (κ2) is 10.0. The Bertz CT molecular complexity index is 855. The maximum atomic E-state index is 5.32. The monoisotopic (exact) mass is 513 g/mol. The summed E-state index contributed by atoms with van der Waals surface area (Å²) in [6.07, 6.45) is 1.61. The molecular weight excluding hydrogens is 489 g/mol. The van der Waals surface area contributed by atoms with Gasteiger partial charge in [-0.25, -0.2) is 4.98 Å². The number of aromatic nitrogens is 3. The van der Waals surface area contributed by atoms with E-state index in [-0.39, 0.29) is 24.0 Å². The molecule has 1 aliphatic rings. The number of hydrogen-bond acceptors (Lipinski definition) is 6. The fourth-order valence-electron chi connectivity index (χ4n) is 3.13. The molecule has 8 nitrogen and oxygen atoms in total. The first kappa shape index (κ1) is 20.8. The minimum atomic E-state index is 0. The van der Waals surface area contributed by atoms with Gasteiger partial charge in [0.05, 0.1) is 12.8 Å². The third-order valence-electron chi connectivity index (χ3n) is 4.53. The summed E-state index contributed by atoms with van der Waals surface area (Å²) in [5, 5.41) is 12.6. The summed E-state index contributed by atoms with van der Waals surface area (Å²) in [5.74, 6) is 2.86. The van der Waals surface area contributed by atoms with Crippen molar-refractivity contribution in [3.63, 3.8) is 0 Å². The molecule has 0 aromatic carbocycles. The number of thiophene rings is 1. The van der Waals surface area contributed by atoms with Gasteiger partial charge in [0.2, 0.25) is 5.82 Å². The minimum absolute atomic E-state index is 0. The second-order valence-corrected chi connectivity index (χ2v) is 7.36. The van der Waals surface area contributed by atoms with Crippen LogP contribution in [0.4, 0.5) is 0 Å². The van der Waals surface area contributed by atoms with Gasteiger partial charge in [-0.2, -0.15) is 0 Å². The van der Waals surface area contributed by atoms with Crippen molar-refractivity contribution in [1.82, 2.24) is 30.3 Å². The van der Waals surface area contributed by atoms with Crippen molar-refractivity contribution < 1.29 is 4.42 Å². The third kappa shape index (κ3) is 5.11. The molecule has 0 amide bonds. The highest BCUT2D eigenvalue weighted by Gasteiger charge is 2.20. The number of guanidine groups is 1. The van der Waals surface area contributed by atoms with Gasteiger partial charge >= 0.3 is 0 Å². The van der Waals surface area contributed by atoms with Crippen LogP contribution in [-0.2, 0) is 13.1 Å². The lowest BCUT2D eigenvalue weighted by molar-refractivity contribution is 0.173. The largest absolute Gasteiger partial charge is 0.461 e. The molecule has 0 unspecified atom stereocenters. The summed E-state index contributed by atoms with van der Waals surface area (Å²) in [7, 11) is 1.81. The molecule has 10 heteroatoms. The molecule has 0 saturated carbocycles. The molecule has 2 N–H and O–H groups in total. The smallest absolute Gasteiger partial charge is 0.216 e. The van der Waals surface area contributed by atoms with Crippen LogP contribution >= 0.6 is 35.3 Å². The summed E-state index contributed by atoms with van der Waals surface area (Å²) < 4.78 is 5.32. The number of H-pyrrole nitrogens is 1. The number of nitrogens with zero attached hydrogens (tertiary/aromatic N) is 5. The summed E-state index contributed by atoms with van der Waals surface area (Å²) in [4.78, 5) is 15.1. The van der Waals surface area contributed by atoms with Crippen LogP contribution in [0.25, 0.3) is 11.6 Å². The van der Waals surface area contributed by atoms with Crippen LogP contribution in [0.1, 0.15) is 10.7 Å². The van der Waals surface area contributed by atoms with E-state index in [0.29, 0.717) is 18.1 Å². The number of aromatic amines is 1. The zero-order valence-electron chi connectivity index (χ0n) is 15.7. The van der Waals surface area contributed by atoms with Gasteiger partial charge in [0.15, 0.2) is 11.7 Å². The van der Waals surface area contributed by atoms with Crippen molar-refractivity contribution in [2.75, 3.05) is 33.2 Å². The highest BCUT2D eigenvalue weighted by molar-refractivity contribution is 14.0. The molecule has 0 radical (unpaired) electrons. The molecule has 1 aliphatic heterocycles. The molecule has 4 heterocycles. The highest BCUT2D eigenvalue weighted by atomic mass is 127. The number of rotatable bonds is 5. The Morgan fingerprint density at radius 1 is 1.29 bits per heavy atom. The van der Waals surface area contributed by atoms with Gasteiger partial charge in [0, 0.05) is 44.6 Å². The zero-order valence-corrected chi connectivity index (χ0v) is 18.8. The van der Waals surface area contributed by atoms with E-state index in [1.165, 1.54) is 4.88 Å². The van der Waals surface area contributed by atoms with Crippen LogP contribution in [0, 0.1) is 0 Å². The van der Waals surface area contributed by atoms with E-state index in [9.17, 15) is 0 Å². The van der Waals surface area contributed by atoms with Gasteiger partial charge in [-0.15, -0.1) is 40.4 Å². The van der Waals surface area contributed by atoms with Gasteiger partial charge in [-0.1, -0.05) is 6.07 Å². The average molecular weight is 513 g/mol. The predicted octanol–water partition coefficient (Wildman–Crippen LogP) is 2.64. The number of nitrogens with one attached hydrogen (secondary N) is 2. The average Bonchev–Trinajstić information content (AvgIpc) is 3.46. The third-order valence-corrected chi connectivity index (χ3v) is 5.39. The van der Waals surface area contributed by atoms with Gasteiger partial charge in [-0.3, -0.25) is 15.0 Å². The first-order chi connectivity index (χ1) is 13.3. The van der Waals surface area contributed by atoms with Gasteiger partial charge in [-0.05, 0) is 23.6 Å². The Labute approximate surface area is 185 Å². The zero-order chi connectivity index (χ0) is 18.5. The quantitative estimate of drug-likeness (QED) is 0.310. The van der Waals surface area contributed by atoms with Crippen molar-refractivity contribution in [3.8, 4) is 11.6 Å². The molecule has 0 atom stereocenters. The first-order valence-corrected chi connectivity index (χ1v) is 9.85. The van der Waals surface area contributed by atoms with Crippen LogP contribution in [-0.4, -0.2) is 64.2 Å². The fourth-order valence-corrected chi connectivity index (χ4v) is 3.87. The Kier molecular flexibility index (Phi) is 7.45. The van der Waals surface area contributed by atoms with E-state index in [0.717, 1.165) is 44.5 Å². The lowest BCUT2D eigenvalue weighted by Crippen LogP contribution is -2.52. The molecule has 1 saturated heterocycles. The van der Waals surface area contributed by atoms with Crippen LogP contribution in [0.2, 0.25) is 0 Å².